The Labute approximate surface area is 109 Å². The highest BCUT2D eigenvalue weighted by Gasteiger charge is 2.18. The average molecular weight is 246 g/mol. The third-order valence-corrected chi connectivity index (χ3v) is 4.00. The van der Waals surface area contributed by atoms with E-state index in [-0.39, 0.29) is 0 Å². The Balaban J connectivity index is 1.75. The minimum absolute atomic E-state index is 0.371. The lowest BCUT2D eigenvalue weighted by molar-refractivity contribution is 0.0768. The van der Waals surface area contributed by atoms with Crippen molar-refractivity contribution in [1.82, 2.24) is 10.6 Å². The third kappa shape index (κ3) is 2.74. The lowest BCUT2D eigenvalue weighted by atomic mass is 9.89. The first-order valence-electron chi connectivity index (χ1n) is 7.05. The molecule has 1 aromatic rings. The zero-order chi connectivity index (χ0) is 12.2. The van der Waals surface area contributed by atoms with Crippen LogP contribution in [0.2, 0.25) is 0 Å². The molecule has 98 valence electrons. The van der Waals surface area contributed by atoms with Crippen LogP contribution < -0.4 is 10.6 Å². The minimum atomic E-state index is 0.371. The number of piperidine rings is 1. The second kappa shape index (κ2) is 5.83. The normalized spacial score (nSPS) is 29.1. The van der Waals surface area contributed by atoms with Crippen LogP contribution in [0.15, 0.2) is 24.3 Å². The van der Waals surface area contributed by atoms with Crippen LogP contribution in [-0.2, 0) is 4.74 Å². The van der Waals surface area contributed by atoms with Crippen molar-refractivity contribution in [2.45, 2.75) is 24.8 Å². The van der Waals surface area contributed by atoms with Crippen molar-refractivity contribution >= 4 is 0 Å². The van der Waals surface area contributed by atoms with E-state index in [0.29, 0.717) is 12.0 Å². The SMILES string of the molecule is c1cc(C2CCCNC2)cc(C2COCCN2)c1. The number of nitrogens with one attached hydrogen (secondary N) is 2. The molecule has 18 heavy (non-hydrogen) atoms. The molecule has 0 spiro atoms. The van der Waals surface area contributed by atoms with E-state index in [1.54, 1.807) is 0 Å². The van der Waals surface area contributed by atoms with Crippen molar-refractivity contribution in [3.05, 3.63) is 35.4 Å². The van der Waals surface area contributed by atoms with Gasteiger partial charge in [0.05, 0.1) is 19.3 Å². The van der Waals surface area contributed by atoms with Gasteiger partial charge in [0, 0.05) is 13.1 Å². The fourth-order valence-electron chi connectivity index (χ4n) is 2.95. The first-order valence-corrected chi connectivity index (χ1v) is 7.05. The van der Waals surface area contributed by atoms with Crippen molar-refractivity contribution in [3.63, 3.8) is 0 Å². The van der Waals surface area contributed by atoms with E-state index in [1.165, 1.54) is 30.5 Å². The van der Waals surface area contributed by atoms with Crippen LogP contribution in [0.1, 0.15) is 35.9 Å². The summed E-state index contributed by atoms with van der Waals surface area (Å²) in [6, 6.07) is 9.41. The molecule has 1 aromatic carbocycles. The van der Waals surface area contributed by atoms with Gasteiger partial charge in [0.1, 0.15) is 0 Å². The van der Waals surface area contributed by atoms with Crippen molar-refractivity contribution in [2.24, 2.45) is 0 Å². The van der Waals surface area contributed by atoms with E-state index in [1.807, 2.05) is 0 Å². The molecule has 0 bridgehead atoms. The highest BCUT2D eigenvalue weighted by Crippen LogP contribution is 2.26. The summed E-state index contributed by atoms with van der Waals surface area (Å²) >= 11 is 0. The average Bonchev–Trinajstić information content (AvgIpc) is 2.49. The molecule has 3 heteroatoms. The van der Waals surface area contributed by atoms with Crippen LogP contribution in [0, 0.1) is 0 Å². The molecule has 3 rings (SSSR count). The Hall–Kier alpha value is -0.900. The molecule has 0 aromatic heterocycles. The van der Waals surface area contributed by atoms with E-state index >= 15 is 0 Å². The zero-order valence-electron chi connectivity index (χ0n) is 10.8. The lowest BCUT2D eigenvalue weighted by Crippen LogP contribution is -2.34. The quantitative estimate of drug-likeness (QED) is 0.835. The Morgan fingerprint density at radius 3 is 2.89 bits per heavy atom. The number of ether oxygens (including phenoxy) is 1. The first-order chi connectivity index (χ1) is 8.93. The summed E-state index contributed by atoms with van der Waals surface area (Å²) < 4.78 is 5.55. The van der Waals surface area contributed by atoms with Crippen molar-refractivity contribution < 1.29 is 4.74 Å². The van der Waals surface area contributed by atoms with Crippen LogP contribution in [-0.4, -0.2) is 32.8 Å². The summed E-state index contributed by atoms with van der Waals surface area (Å²) in [7, 11) is 0. The lowest BCUT2D eigenvalue weighted by Gasteiger charge is -2.27. The van der Waals surface area contributed by atoms with E-state index in [0.717, 1.165) is 26.3 Å². The van der Waals surface area contributed by atoms with E-state index in [2.05, 4.69) is 34.9 Å². The third-order valence-electron chi connectivity index (χ3n) is 4.00. The van der Waals surface area contributed by atoms with Crippen LogP contribution in [0.3, 0.4) is 0 Å². The Kier molecular flexibility index (Phi) is 3.93. The van der Waals surface area contributed by atoms with Crippen molar-refractivity contribution in [3.8, 4) is 0 Å². The van der Waals surface area contributed by atoms with E-state index in [9.17, 15) is 0 Å². The predicted octanol–water partition coefficient (Wildman–Crippen LogP) is 1.81. The minimum Gasteiger partial charge on any atom is -0.378 e. The fraction of sp³-hybridized carbons (Fsp3) is 0.600. The summed E-state index contributed by atoms with van der Waals surface area (Å²) in [5.41, 5.74) is 2.85. The monoisotopic (exact) mass is 246 g/mol. The van der Waals surface area contributed by atoms with Gasteiger partial charge in [-0.05, 0) is 36.4 Å². The molecule has 3 nitrogen and oxygen atoms in total. The molecule has 0 saturated carbocycles. The van der Waals surface area contributed by atoms with Gasteiger partial charge in [0.25, 0.3) is 0 Å². The van der Waals surface area contributed by atoms with Gasteiger partial charge < -0.3 is 15.4 Å². The Bertz CT molecular complexity index is 349. The second-order valence-corrected chi connectivity index (χ2v) is 5.30. The van der Waals surface area contributed by atoms with Gasteiger partial charge in [0.15, 0.2) is 0 Å². The number of rotatable bonds is 2. The second-order valence-electron chi connectivity index (χ2n) is 5.30. The topological polar surface area (TPSA) is 33.3 Å². The standard InChI is InChI=1S/C15H22N2O/c1-3-12(14-5-2-6-16-10-14)9-13(4-1)15-11-18-8-7-17-15/h1,3-4,9,14-17H,2,5-8,10-11H2. The van der Waals surface area contributed by atoms with Crippen LogP contribution >= 0.6 is 0 Å². The van der Waals surface area contributed by atoms with Gasteiger partial charge in [-0.25, -0.2) is 0 Å². The summed E-state index contributed by atoms with van der Waals surface area (Å²) in [5, 5.41) is 7.02. The molecular weight excluding hydrogens is 224 g/mol. The maximum atomic E-state index is 5.55. The number of hydrogen-bond acceptors (Lipinski definition) is 3. The number of hydrogen-bond donors (Lipinski definition) is 2. The zero-order valence-corrected chi connectivity index (χ0v) is 10.8. The van der Waals surface area contributed by atoms with Crippen molar-refractivity contribution in [2.75, 3.05) is 32.8 Å². The maximum Gasteiger partial charge on any atom is 0.0662 e. The molecule has 2 aliphatic rings. The predicted molar refractivity (Wildman–Crippen MR) is 72.8 cm³/mol. The highest BCUT2D eigenvalue weighted by molar-refractivity contribution is 5.29. The molecule has 0 amide bonds. The van der Waals surface area contributed by atoms with Crippen molar-refractivity contribution in [1.29, 1.82) is 0 Å². The van der Waals surface area contributed by atoms with Crippen LogP contribution in [0.25, 0.3) is 0 Å². The molecule has 2 saturated heterocycles. The molecule has 2 unspecified atom stereocenters. The largest absolute Gasteiger partial charge is 0.378 e. The molecule has 2 N–H and O–H groups in total. The van der Waals surface area contributed by atoms with Crippen LogP contribution in [0.4, 0.5) is 0 Å². The molecule has 0 aliphatic carbocycles. The molecule has 2 atom stereocenters. The van der Waals surface area contributed by atoms with E-state index < -0.39 is 0 Å². The molecule has 2 heterocycles. The van der Waals surface area contributed by atoms with Gasteiger partial charge in [-0.1, -0.05) is 24.3 Å². The smallest absolute Gasteiger partial charge is 0.0662 e. The Morgan fingerprint density at radius 2 is 2.11 bits per heavy atom. The number of benzene rings is 1. The van der Waals surface area contributed by atoms with Gasteiger partial charge in [-0.3, -0.25) is 0 Å². The first kappa shape index (κ1) is 12.2. The summed E-state index contributed by atoms with van der Waals surface area (Å²) in [4.78, 5) is 0. The molecular formula is C15H22N2O. The number of morpholine rings is 1. The van der Waals surface area contributed by atoms with Gasteiger partial charge in [-0.15, -0.1) is 0 Å². The fourth-order valence-corrected chi connectivity index (χ4v) is 2.95. The van der Waals surface area contributed by atoms with Crippen LogP contribution in [0.5, 0.6) is 0 Å². The van der Waals surface area contributed by atoms with Gasteiger partial charge >= 0.3 is 0 Å². The maximum absolute atomic E-state index is 5.55. The Morgan fingerprint density at radius 1 is 1.17 bits per heavy atom. The van der Waals surface area contributed by atoms with E-state index in [4.69, 9.17) is 4.74 Å². The molecule has 0 radical (unpaired) electrons. The summed E-state index contributed by atoms with van der Waals surface area (Å²) in [6.07, 6.45) is 2.60. The summed E-state index contributed by atoms with van der Waals surface area (Å²) in [6.45, 7) is 4.89. The molecule has 2 fully saturated rings. The highest BCUT2D eigenvalue weighted by atomic mass is 16.5. The molecule has 2 aliphatic heterocycles. The van der Waals surface area contributed by atoms with Gasteiger partial charge in [-0.2, -0.15) is 0 Å². The van der Waals surface area contributed by atoms with Gasteiger partial charge in [0.2, 0.25) is 0 Å². The summed E-state index contributed by atoms with van der Waals surface area (Å²) in [5.74, 6) is 0.684.